The number of benzene rings is 1. The predicted molar refractivity (Wildman–Crippen MR) is 75.0 cm³/mol. The van der Waals surface area contributed by atoms with Crippen molar-refractivity contribution in [3.05, 3.63) is 50.9 Å². The molecule has 1 aliphatic carbocycles. The van der Waals surface area contributed by atoms with E-state index in [1.807, 2.05) is 0 Å². The minimum absolute atomic E-state index is 0.175. The van der Waals surface area contributed by atoms with Crippen LogP contribution in [0.4, 0.5) is 10.1 Å². The zero-order valence-corrected chi connectivity index (χ0v) is 11.3. The molecule has 1 aromatic carbocycles. The van der Waals surface area contributed by atoms with Crippen LogP contribution in [0.1, 0.15) is 29.3 Å². The van der Waals surface area contributed by atoms with Gasteiger partial charge >= 0.3 is 0 Å². The van der Waals surface area contributed by atoms with Crippen LogP contribution in [0.5, 0.6) is 0 Å². The molecule has 0 bridgehead atoms. The number of rotatable bonds is 2. The molecule has 4 heteroatoms. The molecular weight excluding hydrogens is 269 g/mol. The number of aryl methyl sites for hydroxylation is 1. The van der Waals surface area contributed by atoms with Crippen LogP contribution in [0.3, 0.4) is 0 Å². The fraction of sp³-hybridized carbons (Fsp3) is 0.286. The lowest BCUT2D eigenvalue weighted by molar-refractivity contribution is 0.592. The monoisotopic (exact) mass is 281 g/mol. The van der Waals surface area contributed by atoms with Gasteiger partial charge in [0, 0.05) is 4.88 Å². The van der Waals surface area contributed by atoms with E-state index in [0.29, 0.717) is 10.7 Å². The average molecular weight is 282 g/mol. The number of halogens is 2. The standard InChI is InChI=1S/C14H13ClFNS/c15-10-3-1-4-11(16)14(10)17-12-5-2-6-13-9(12)7-8-18-13/h1,3-4,7-8,12,17H,2,5-6H2. The van der Waals surface area contributed by atoms with E-state index in [0.717, 1.165) is 19.3 Å². The van der Waals surface area contributed by atoms with Gasteiger partial charge in [0.1, 0.15) is 5.82 Å². The summed E-state index contributed by atoms with van der Waals surface area (Å²) in [6.45, 7) is 0. The molecule has 1 heterocycles. The third-order valence-corrected chi connectivity index (χ3v) is 4.64. The summed E-state index contributed by atoms with van der Waals surface area (Å²) >= 11 is 7.83. The van der Waals surface area contributed by atoms with Gasteiger partial charge in [-0.1, -0.05) is 17.7 Å². The maximum absolute atomic E-state index is 13.8. The number of fused-ring (bicyclic) bond motifs is 1. The molecule has 0 fully saturated rings. The molecule has 0 radical (unpaired) electrons. The Bertz CT molecular complexity index is 546. The van der Waals surface area contributed by atoms with E-state index in [2.05, 4.69) is 16.8 Å². The van der Waals surface area contributed by atoms with Crippen molar-refractivity contribution in [3.63, 3.8) is 0 Å². The Morgan fingerprint density at radius 1 is 1.33 bits per heavy atom. The third kappa shape index (κ3) is 2.13. The van der Waals surface area contributed by atoms with Gasteiger partial charge in [0.15, 0.2) is 0 Å². The molecule has 0 saturated heterocycles. The Labute approximate surface area is 115 Å². The second-order valence-corrected chi connectivity index (χ2v) is 5.89. The van der Waals surface area contributed by atoms with Crippen LogP contribution in [0.2, 0.25) is 5.02 Å². The summed E-state index contributed by atoms with van der Waals surface area (Å²) in [7, 11) is 0. The largest absolute Gasteiger partial charge is 0.375 e. The summed E-state index contributed by atoms with van der Waals surface area (Å²) in [6, 6.07) is 7.08. The van der Waals surface area contributed by atoms with Crippen molar-refractivity contribution in [2.45, 2.75) is 25.3 Å². The molecule has 1 N–H and O–H groups in total. The molecule has 1 atom stereocenters. The normalized spacial score (nSPS) is 18.4. The van der Waals surface area contributed by atoms with Gasteiger partial charge in [-0.2, -0.15) is 0 Å². The van der Waals surface area contributed by atoms with Gasteiger partial charge in [0.05, 0.1) is 16.8 Å². The fourth-order valence-electron chi connectivity index (χ4n) is 2.45. The van der Waals surface area contributed by atoms with Crippen LogP contribution in [0.15, 0.2) is 29.6 Å². The first-order valence-corrected chi connectivity index (χ1v) is 7.28. The molecular formula is C14H13ClFNS. The summed E-state index contributed by atoms with van der Waals surface area (Å²) in [5, 5.41) is 5.81. The maximum atomic E-state index is 13.8. The van der Waals surface area contributed by atoms with Crippen LogP contribution >= 0.6 is 22.9 Å². The Kier molecular flexibility index (Phi) is 3.27. The topological polar surface area (TPSA) is 12.0 Å². The van der Waals surface area contributed by atoms with Crippen LogP contribution < -0.4 is 5.32 Å². The Hall–Kier alpha value is -1.06. The SMILES string of the molecule is Fc1cccc(Cl)c1NC1CCCc2sccc21. The van der Waals surface area contributed by atoms with Crippen molar-refractivity contribution < 1.29 is 4.39 Å². The van der Waals surface area contributed by atoms with Gasteiger partial charge in [0.25, 0.3) is 0 Å². The highest BCUT2D eigenvalue weighted by atomic mass is 35.5. The number of para-hydroxylation sites is 1. The minimum atomic E-state index is -0.287. The van der Waals surface area contributed by atoms with Crippen LogP contribution in [0, 0.1) is 5.82 Å². The van der Waals surface area contributed by atoms with Gasteiger partial charge in [-0.15, -0.1) is 11.3 Å². The number of hydrogen-bond acceptors (Lipinski definition) is 2. The highest BCUT2D eigenvalue weighted by Crippen LogP contribution is 2.37. The van der Waals surface area contributed by atoms with Gasteiger partial charge in [-0.25, -0.2) is 4.39 Å². The number of anilines is 1. The van der Waals surface area contributed by atoms with E-state index in [9.17, 15) is 4.39 Å². The molecule has 3 rings (SSSR count). The van der Waals surface area contributed by atoms with Crippen LogP contribution in [-0.4, -0.2) is 0 Å². The Morgan fingerprint density at radius 3 is 3.06 bits per heavy atom. The zero-order valence-electron chi connectivity index (χ0n) is 9.75. The van der Waals surface area contributed by atoms with Gasteiger partial charge in [-0.05, 0) is 48.4 Å². The lowest BCUT2D eigenvalue weighted by Crippen LogP contribution is -2.16. The van der Waals surface area contributed by atoms with E-state index < -0.39 is 0 Å². The molecule has 1 nitrogen and oxygen atoms in total. The highest BCUT2D eigenvalue weighted by Gasteiger charge is 2.22. The molecule has 0 aliphatic heterocycles. The second kappa shape index (κ2) is 4.90. The molecule has 0 saturated carbocycles. The number of hydrogen-bond donors (Lipinski definition) is 1. The summed E-state index contributed by atoms with van der Waals surface area (Å²) in [5.41, 5.74) is 1.72. The van der Waals surface area contributed by atoms with E-state index in [4.69, 9.17) is 11.6 Å². The molecule has 1 unspecified atom stereocenters. The number of nitrogens with one attached hydrogen (secondary N) is 1. The van der Waals surface area contributed by atoms with E-state index in [1.165, 1.54) is 16.5 Å². The van der Waals surface area contributed by atoms with Crippen molar-refractivity contribution in [2.75, 3.05) is 5.32 Å². The van der Waals surface area contributed by atoms with Gasteiger partial charge in [0.2, 0.25) is 0 Å². The summed E-state index contributed by atoms with van der Waals surface area (Å²) < 4.78 is 13.8. The Balaban J connectivity index is 1.91. The smallest absolute Gasteiger partial charge is 0.147 e. The van der Waals surface area contributed by atoms with Crippen molar-refractivity contribution in [1.29, 1.82) is 0 Å². The van der Waals surface area contributed by atoms with E-state index in [1.54, 1.807) is 23.5 Å². The van der Waals surface area contributed by atoms with Crippen molar-refractivity contribution in [3.8, 4) is 0 Å². The van der Waals surface area contributed by atoms with Crippen molar-refractivity contribution >= 4 is 28.6 Å². The molecule has 0 amide bonds. The Morgan fingerprint density at radius 2 is 2.22 bits per heavy atom. The minimum Gasteiger partial charge on any atom is -0.375 e. The van der Waals surface area contributed by atoms with Crippen LogP contribution in [0.25, 0.3) is 0 Å². The third-order valence-electron chi connectivity index (χ3n) is 3.33. The summed E-state index contributed by atoms with van der Waals surface area (Å²) in [4.78, 5) is 1.41. The molecule has 94 valence electrons. The molecule has 0 spiro atoms. The second-order valence-electron chi connectivity index (χ2n) is 4.48. The maximum Gasteiger partial charge on any atom is 0.147 e. The lowest BCUT2D eigenvalue weighted by Gasteiger charge is -2.25. The van der Waals surface area contributed by atoms with Crippen LogP contribution in [-0.2, 0) is 6.42 Å². The molecule has 1 aromatic heterocycles. The number of thiophene rings is 1. The van der Waals surface area contributed by atoms with Crippen molar-refractivity contribution in [2.24, 2.45) is 0 Å². The quantitative estimate of drug-likeness (QED) is 0.814. The molecule has 1 aliphatic rings. The first-order valence-electron chi connectivity index (χ1n) is 6.02. The average Bonchev–Trinajstić information content (AvgIpc) is 2.83. The van der Waals surface area contributed by atoms with Gasteiger partial charge < -0.3 is 5.32 Å². The molecule has 2 aromatic rings. The lowest BCUT2D eigenvalue weighted by atomic mass is 9.94. The van der Waals surface area contributed by atoms with E-state index >= 15 is 0 Å². The van der Waals surface area contributed by atoms with Gasteiger partial charge in [-0.3, -0.25) is 0 Å². The zero-order chi connectivity index (χ0) is 12.5. The fourth-order valence-corrected chi connectivity index (χ4v) is 3.65. The molecule has 18 heavy (non-hydrogen) atoms. The first-order chi connectivity index (χ1) is 8.75. The highest BCUT2D eigenvalue weighted by molar-refractivity contribution is 7.10. The van der Waals surface area contributed by atoms with E-state index in [-0.39, 0.29) is 11.9 Å². The first kappa shape index (κ1) is 12.0. The predicted octanol–water partition coefficient (Wildman–Crippen LogP) is 5.03. The van der Waals surface area contributed by atoms with Crippen molar-refractivity contribution in [1.82, 2.24) is 0 Å². The summed E-state index contributed by atoms with van der Waals surface area (Å²) in [6.07, 6.45) is 3.29. The summed E-state index contributed by atoms with van der Waals surface area (Å²) in [5.74, 6) is -0.287.